The Morgan fingerprint density at radius 2 is 1.89 bits per heavy atom. The molecule has 1 aromatic carbocycles. The maximum absolute atomic E-state index is 6.31. The summed E-state index contributed by atoms with van der Waals surface area (Å²) in [4.78, 5) is 2.47. The summed E-state index contributed by atoms with van der Waals surface area (Å²) in [5, 5.41) is 0. The molecule has 0 heterocycles. The molecule has 2 heteroatoms. The first-order valence-electron chi connectivity index (χ1n) is 7.19. The third-order valence-corrected chi connectivity index (χ3v) is 4.34. The summed E-state index contributed by atoms with van der Waals surface area (Å²) in [5.41, 5.74) is 7.55. The lowest BCUT2D eigenvalue weighted by Crippen LogP contribution is -2.42. The summed E-state index contributed by atoms with van der Waals surface area (Å²) in [6, 6.07) is 11.3. The zero-order valence-corrected chi connectivity index (χ0v) is 11.7. The van der Waals surface area contributed by atoms with Crippen LogP contribution in [0.5, 0.6) is 0 Å². The van der Waals surface area contributed by atoms with Crippen molar-refractivity contribution >= 4 is 0 Å². The van der Waals surface area contributed by atoms with Crippen LogP contribution in [0, 0.1) is 5.92 Å². The number of nitrogens with zero attached hydrogens (tertiary/aromatic N) is 1. The molecule has 2 nitrogen and oxygen atoms in total. The van der Waals surface area contributed by atoms with Gasteiger partial charge in [-0.25, -0.2) is 0 Å². The monoisotopic (exact) mass is 246 g/mol. The van der Waals surface area contributed by atoms with Gasteiger partial charge in [-0.2, -0.15) is 0 Å². The van der Waals surface area contributed by atoms with E-state index in [1.54, 1.807) is 0 Å². The topological polar surface area (TPSA) is 29.3 Å². The molecule has 0 saturated heterocycles. The van der Waals surface area contributed by atoms with Gasteiger partial charge in [-0.3, -0.25) is 0 Å². The normalized spacial score (nSPS) is 26.2. The fraction of sp³-hybridized carbons (Fsp3) is 0.625. The molecular weight excluding hydrogens is 220 g/mol. The van der Waals surface area contributed by atoms with Crippen LogP contribution in [0.2, 0.25) is 0 Å². The second-order valence-corrected chi connectivity index (χ2v) is 5.79. The molecule has 1 saturated carbocycles. The molecule has 0 amide bonds. The van der Waals surface area contributed by atoms with E-state index in [-0.39, 0.29) is 6.04 Å². The Morgan fingerprint density at radius 3 is 2.56 bits per heavy atom. The van der Waals surface area contributed by atoms with Crippen LogP contribution in [0.4, 0.5) is 0 Å². The maximum Gasteiger partial charge on any atom is 0.0424 e. The van der Waals surface area contributed by atoms with Gasteiger partial charge in [0.25, 0.3) is 0 Å². The standard InChI is InChI=1S/C16H26N2/c1-13-8-6-7-11-16(13)18(2)12-15(17)14-9-4-3-5-10-14/h3-5,9-10,13,15-16H,6-8,11-12,17H2,1-2H3. The summed E-state index contributed by atoms with van der Waals surface area (Å²) in [5.74, 6) is 0.812. The molecule has 100 valence electrons. The molecule has 0 radical (unpaired) electrons. The molecule has 0 aromatic heterocycles. The smallest absolute Gasteiger partial charge is 0.0424 e. The van der Waals surface area contributed by atoms with Gasteiger partial charge in [0.05, 0.1) is 0 Å². The molecule has 2 N–H and O–H groups in total. The minimum atomic E-state index is 0.130. The largest absolute Gasteiger partial charge is 0.323 e. The van der Waals surface area contributed by atoms with Crippen LogP contribution in [0.25, 0.3) is 0 Å². The van der Waals surface area contributed by atoms with E-state index in [2.05, 4.69) is 43.1 Å². The Labute approximate surface area is 111 Å². The molecule has 3 atom stereocenters. The zero-order chi connectivity index (χ0) is 13.0. The number of likely N-dealkylation sites (N-methyl/N-ethyl adjacent to an activating group) is 1. The molecule has 18 heavy (non-hydrogen) atoms. The quantitative estimate of drug-likeness (QED) is 0.884. The number of hydrogen-bond donors (Lipinski definition) is 1. The minimum Gasteiger partial charge on any atom is -0.323 e. The highest BCUT2D eigenvalue weighted by Crippen LogP contribution is 2.28. The Morgan fingerprint density at radius 1 is 1.22 bits per heavy atom. The van der Waals surface area contributed by atoms with Gasteiger partial charge in [0, 0.05) is 18.6 Å². The van der Waals surface area contributed by atoms with Crippen molar-refractivity contribution in [1.82, 2.24) is 4.90 Å². The number of nitrogens with two attached hydrogens (primary N) is 1. The second-order valence-electron chi connectivity index (χ2n) is 5.79. The summed E-state index contributed by atoms with van der Waals surface area (Å²) < 4.78 is 0. The van der Waals surface area contributed by atoms with Crippen LogP contribution in [0.15, 0.2) is 30.3 Å². The summed E-state index contributed by atoms with van der Waals surface area (Å²) >= 11 is 0. The van der Waals surface area contributed by atoms with Crippen molar-refractivity contribution in [3.05, 3.63) is 35.9 Å². The molecule has 1 aromatic rings. The Balaban J connectivity index is 1.92. The molecule has 1 fully saturated rings. The fourth-order valence-corrected chi connectivity index (χ4v) is 3.20. The third-order valence-electron chi connectivity index (χ3n) is 4.34. The molecule has 1 aliphatic carbocycles. The van der Waals surface area contributed by atoms with Gasteiger partial charge >= 0.3 is 0 Å². The van der Waals surface area contributed by atoms with Gasteiger partial charge in [0.1, 0.15) is 0 Å². The van der Waals surface area contributed by atoms with Crippen molar-refractivity contribution in [3.8, 4) is 0 Å². The summed E-state index contributed by atoms with van der Waals surface area (Å²) in [6.45, 7) is 3.34. The first-order valence-corrected chi connectivity index (χ1v) is 7.19. The third kappa shape index (κ3) is 3.33. The van der Waals surface area contributed by atoms with Crippen LogP contribution in [0.1, 0.15) is 44.2 Å². The number of rotatable bonds is 4. The molecule has 2 rings (SSSR count). The molecule has 3 unspecified atom stereocenters. The van der Waals surface area contributed by atoms with Crippen molar-refractivity contribution in [2.75, 3.05) is 13.6 Å². The zero-order valence-electron chi connectivity index (χ0n) is 11.7. The Hall–Kier alpha value is -0.860. The van der Waals surface area contributed by atoms with E-state index in [1.807, 2.05) is 6.07 Å². The van der Waals surface area contributed by atoms with E-state index >= 15 is 0 Å². The van der Waals surface area contributed by atoms with Gasteiger partial charge in [0.2, 0.25) is 0 Å². The lowest BCUT2D eigenvalue weighted by atomic mass is 9.85. The van der Waals surface area contributed by atoms with E-state index in [0.717, 1.165) is 12.5 Å². The first kappa shape index (κ1) is 13.6. The number of hydrogen-bond acceptors (Lipinski definition) is 2. The minimum absolute atomic E-state index is 0.130. The first-order chi connectivity index (χ1) is 8.68. The lowest BCUT2D eigenvalue weighted by Gasteiger charge is -2.37. The van der Waals surface area contributed by atoms with E-state index in [1.165, 1.54) is 31.2 Å². The van der Waals surface area contributed by atoms with Crippen LogP contribution in [0.3, 0.4) is 0 Å². The highest BCUT2D eigenvalue weighted by atomic mass is 15.1. The van der Waals surface area contributed by atoms with Crippen LogP contribution >= 0.6 is 0 Å². The highest BCUT2D eigenvalue weighted by molar-refractivity contribution is 5.18. The SMILES string of the molecule is CC1CCCCC1N(C)CC(N)c1ccccc1. The molecule has 0 spiro atoms. The summed E-state index contributed by atoms with van der Waals surface area (Å²) in [6.07, 6.45) is 5.48. The lowest BCUT2D eigenvalue weighted by molar-refractivity contribution is 0.133. The average Bonchev–Trinajstić information content (AvgIpc) is 2.40. The molecular formula is C16H26N2. The van der Waals surface area contributed by atoms with Gasteiger partial charge in [-0.05, 0) is 31.4 Å². The Bertz CT molecular complexity index is 349. The van der Waals surface area contributed by atoms with Gasteiger partial charge in [-0.15, -0.1) is 0 Å². The highest BCUT2D eigenvalue weighted by Gasteiger charge is 2.25. The van der Waals surface area contributed by atoms with Crippen molar-refractivity contribution in [2.45, 2.75) is 44.7 Å². The predicted molar refractivity (Wildman–Crippen MR) is 77.4 cm³/mol. The number of benzene rings is 1. The van der Waals surface area contributed by atoms with Crippen molar-refractivity contribution in [2.24, 2.45) is 11.7 Å². The fourth-order valence-electron chi connectivity index (χ4n) is 3.20. The van der Waals surface area contributed by atoms with Crippen LogP contribution in [-0.2, 0) is 0 Å². The van der Waals surface area contributed by atoms with Crippen LogP contribution in [-0.4, -0.2) is 24.5 Å². The van der Waals surface area contributed by atoms with Crippen molar-refractivity contribution in [1.29, 1.82) is 0 Å². The van der Waals surface area contributed by atoms with Crippen LogP contribution < -0.4 is 5.73 Å². The van der Waals surface area contributed by atoms with Crippen molar-refractivity contribution < 1.29 is 0 Å². The van der Waals surface area contributed by atoms with Crippen molar-refractivity contribution in [3.63, 3.8) is 0 Å². The Kier molecular flexibility index (Phi) is 4.79. The van der Waals surface area contributed by atoms with Gasteiger partial charge < -0.3 is 10.6 Å². The van der Waals surface area contributed by atoms with E-state index in [0.29, 0.717) is 6.04 Å². The van der Waals surface area contributed by atoms with E-state index < -0.39 is 0 Å². The van der Waals surface area contributed by atoms with E-state index in [9.17, 15) is 0 Å². The maximum atomic E-state index is 6.31. The van der Waals surface area contributed by atoms with Gasteiger partial charge in [0.15, 0.2) is 0 Å². The molecule has 0 bridgehead atoms. The molecule has 1 aliphatic rings. The van der Waals surface area contributed by atoms with E-state index in [4.69, 9.17) is 5.73 Å². The molecule has 0 aliphatic heterocycles. The van der Waals surface area contributed by atoms with Gasteiger partial charge in [-0.1, -0.05) is 50.1 Å². The predicted octanol–water partition coefficient (Wildman–Crippen LogP) is 3.20. The average molecular weight is 246 g/mol. The summed E-state index contributed by atoms with van der Waals surface area (Å²) in [7, 11) is 2.23. The second kappa shape index (κ2) is 6.35.